The fraction of sp³-hybridized carbons (Fsp3) is 0.500. The maximum absolute atomic E-state index is 12.1. The van der Waals surface area contributed by atoms with Crippen molar-refractivity contribution >= 4 is 25.8 Å². The molecule has 1 rings (SSSR count). The maximum Gasteiger partial charge on any atom is 0.178 e. The van der Waals surface area contributed by atoms with Gasteiger partial charge in [-0.25, -0.2) is 8.42 Å². The molecule has 96 valence electrons. The van der Waals surface area contributed by atoms with Crippen LogP contribution in [0.15, 0.2) is 17.0 Å². The molecule has 0 saturated carbocycles. The van der Waals surface area contributed by atoms with Crippen LogP contribution in [0.3, 0.4) is 0 Å². The summed E-state index contributed by atoms with van der Waals surface area (Å²) in [5.41, 5.74) is 1.58. The van der Waals surface area contributed by atoms with E-state index < -0.39 is 9.84 Å². The summed E-state index contributed by atoms with van der Waals surface area (Å²) in [4.78, 5) is 0.414. The van der Waals surface area contributed by atoms with E-state index in [1.165, 1.54) is 0 Å². The quantitative estimate of drug-likeness (QED) is 0.783. The van der Waals surface area contributed by atoms with Gasteiger partial charge in [0.1, 0.15) is 5.75 Å². The van der Waals surface area contributed by atoms with Crippen LogP contribution in [0, 0.1) is 13.8 Å². The highest BCUT2D eigenvalue weighted by Crippen LogP contribution is 2.26. The fourth-order valence-corrected chi connectivity index (χ4v) is 3.97. The average molecular weight is 321 g/mol. The third-order valence-corrected chi connectivity index (χ3v) is 5.07. The highest BCUT2D eigenvalue weighted by molar-refractivity contribution is 9.09. The van der Waals surface area contributed by atoms with E-state index in [4.69, 9.17) is 4.74 Å². The molecule has 0 aliphatic rings. The molecule has 17 heavy (non-hydrogen) atoms. The summed E-state index contributed by atoms with van der Waals surface area (Å²) >= 11 is 3.25. The highest BCUT2D eigenvalue weighted by Gasteiger charge is 2.18. The lowest BCUT2D eigenvalue weighted by molar-refractivity contribution is 0.411. The number of hydrogen-bond donors (Lipinski definition) is 0. The largest absolute Gasteiger partial charge is 0.496 e. The van der Waals surface area contributed by atoms with Crippen molar-refractivity contribution < 1.29 is 13.2 Å². The lowest BCUT2D eigenvalue weighted by Crippen LogP contribution is -2.09. The Morgan fingerprint density at radius 3 is 2.41 bits per heavy atom. The molecular formula is C12H17BrO3S. The van der Waals surface area contributed by atoms with Crippen molar-refractivity contribution in [1.29, 1.82) is 0 Å². The lowest BCUT2D eigenvalue weighted by Gasteiger charge is -2.11. The van der Waals surface area contributed by atoms with E-state index in [1.54, 1.807) is 26.2 Å². The third-order valence-electron chi connectivity index (χ3n) is 2.57. The molecule has 1 aromatic rings. The lowest BCUT2D eigenvalue weighted by atomic mass is 10.1. The number of sulfone groups is 1. The molecule has 0 fully saturated rings. The Morgan fingerprint density at radius 2 is 1.88 bits per heavy atom. The van der Waals surface area contributed by atoms with Crippen molar-refractivity contribution in [2.24, 2.45) is 0 Å². The van der Waals surface area contributed by atoms with Crippen LogP contribution in [0.5, 0.6) is 5.75 Å². The van der Waals surface area contributed by atoms with Gasteiger partial charge in [0.05, 0.1) is 17.8 Å². The molecule has 1 aromatic carbocycles. The number of aryl methyl sites for hydroxylation is 2. The third kappa shape index (κ3) is 3.45. The van der Waals surface area contributed by atoms with E-state index in [1.807, 2.05) is 6.92 Å². The Balaban J connectivity index is 3.19. The van der Waals surface area contributed by atoms with Crippen LogP contribution >= 0.6 is 15.9 Å². The van der Waals surface area contributed by atoms with Gasteiger partial charge in [0.2, 0.25) is 0 Å². The second-order valence-electron chi connectivity index (χ2n) is 3.95. The standard InChI is InChI=1S/C12H17BrO3S/c1-9-8-12(10(2)7-11(9)16-3)17(14,15)6-4-5-13/h7-8H,4-6H2,1-3H3. The van der Waals surface area contributed by atoms with E-state index in [0.29, 0.717) is 16.6 Å². The minimum atomic E-state index is -3.19. The summed E-state index contributed by atoms with van der Waals surface area (Å²) in [6.45, 7) is 3.64. The summed E-state index contributed by atoms with van der Waals surface area (Å²) in [5, 5.41) is 0.695. The molecule has 0 aromatic heterocycles. The average Bonchev–Trinajstić information content (AvgIpc) is 2.28. The zero-order valence-electron chi connectivity index (χ0n) is 10.3. The van der Waals surface area contributed by atoms with Crippen molar-refractivity contribution in [3.05, 3.63) is 23.3 Å². The molecule has 0 spiro atoms. The van der Waals surface area contributed by atoms with Gasteiger partial charge in [0, 0.05) is 5.33 Å². The Labute approximate surface area is 111 Å². The van der Waals surface area contributed by atoms with E-state index >= 15 is 0 Å². The van der Waals surface area contributed by atoms with Crippen LogP contribution in [0.4, 0.5) is 0 Å². The van der Waals surface area contributed by atoms with Crippen LogP contribution < -0.4 is 4.74 Å². The summed E-state index contributed by atoms with van der Waals surface area (Å²) < 4.78 is 29.4. The van der Waals surface area contributed by atoms with Crippen molar-refractivity contribution in [1.82, 2.24) is 0 Å². The second kappa shape index (κ2) is 5.87. The number of hydrogen-bond acceptors (Lipinski definition) is 3. The molecule has 0 N–H and O–H groups in total. The van der Waals surface area contributed by atoms with Crippen LogP contribution in [0.2, 0.25) is 0 Å². The Bertz CT molecular complexity index is 495. The zero-order valence-corrected chi connectivity index (χ0v) is 12.7. The van der Waals surface area contributed by atoms with Gasteiger partial charge in [-0.2, -0.15) is 0 Å². The summed E-state index contributed by atoms with van der Waals surface area (Å²) in [5.74, 6) is 0.896. The number of halogens is 1. The van der Waals surface area contributed by atoms with Gasteiger partial charge < -0.3 is 4.74 Å². The molecule has 0 aliphatic carbocycles. The zero-order chi connectivity index (χ0) is 13.1. The minimum absolute atomic E-state index is 0.171. The molecule has 0 aliphatic heterocycles. The van der Waals surface area contributed by atoms with Crippen LogP contribution in [0.25, 0.3) is 0 Å². The van der Waals surface area contributed by atoms with Crippen molar-refractivity contribution in [2.45, 2.75) is 25.2 Å². The van der Waals surface area contributed by atoms with Crippen molar-refractivity contribution in [3.63, 3.8) is 0 Å². The van der Waals surface area contributed by atoms with E-state index in [0.717, 1.165) is 16.9 Å². The second-order valence-corrected chi connectivity index (χ2v) is 6.82. The number of methoxy groups -OCH3 is 1. The summed E-state index contributed by atoms with van der Waals surface area (Å²) in [6.07, 6.45) is 0.618. The number of rotatable bonds is 5. The van der Waals surface area contributed by atoms with Gasteiger partial charge >= 0.3 is 0 Å². The predicted molar refractivity (Wildman–Crippen MR) is 72.9 cm³/mol. The Hall–Kier alpha value is -0.550. The van der Waals surface area contributed by atoms with Crippen molar-refractivity contribution in [2.75, 3.05) is 18.2 Å². The van der Waals surface area contributed by atoms with Gasteiger partial charge in [0.25, 0.3) is 0 Å². The van der Waals surface area contributed by atoms with Gasteiger partial charge in [-0.1, -0.05) is 15.9 Å². The first-order valence-corrected chi connectivity index (χ1v) is 8.13. The first kappa shape index (κ1) is 14.5. The molecule has 0 amide bonds. The molecule has 0 heterocycles. The van der Waals surface area contributed by atoms with E-state index in [-0.39, 0.29) is 5.75 Å². The molecule has 0 bridgehead atoms. The van der Waals surface area contributed by atoms with E-state index in [2.05, 4.69) is 15.9 Å². The van der Waals surface area contributed by atoms with Gasteiger partial charge in [-0.15, -0.1) is 0 Å². The van der Waals surface area contributed by atoms with Crippen LogP contribution in [-0.4, -0.2) is 26.6 Å². The van der Waals surface area contributed by atoms with Gasteiger partial charge in [-0.05, 0) is 43.5 Å². The molecule has 0 unspecified atom stereocenters. The molecule has 3 nitrogen and oxygen atoms in total. The summed E-state index contributed by atoms with van der Waals surface area (Å²) in [7, 11) is -1.60. The molecular weight excluding hydrogens is 304 g/mol. The normalized spacial score (nSPS) is 11.5. The van der Waals surface area contributed by atoms with E-state index in [9.17, 15) is 8.42 Å². The molecule has 0 radical (unpaired) electrons. The first-order chi connectivity index (χ1) is 7.92. The van der Waals surface area contributed by atoms with Gasteiger partial charge in [-0.3, -0.25) is 0 Å². The first-order valence-electron chi connectivity index (χ1n) is 5.36. The Morgan fingerprint density at radius 1 is 1.24 bits per heavy atom. The smallest absolute Gasteiger partial charge is 0.178 e. The monoisotopic (exact) mass is 320 g/mol. The Kier molecular flexibility index (Phi) is 5.01. The maximum atomic E-state index is 12.1. The van der Waals surface area contributed by atoms with Crippen LogP contribution in [0.1, 0.15) is 17.5 Å². The van der Waals surface area contributed by atoms with Crippen LogP contribution in [-0.2, 0) is 9.84 Å². The number of alkyl halides is 1. The topological polar surface area (TPSA) is 43.4 Å². The molecule has 0 saturated heterocycles. The molecule has 0 atom stereocenters. The highest BCUT2D eigenvalue weighted by atomic mass is 79.9. The predicted octanol–water partition coefficient (Wildman–Crippen LogP) is 2.87. The number of benzene rings is 1. The van der Waals surface area contributed by atoms with Gasteiger partial charge in [0.15, 0.2) is 9.84 Å². The summed E-state index contributed by atoms with van der Waals surface area (Å²) in [6, 6.07) is 3.47. The minimum Gasteiger partial charge on any atom is -0.496 e. The fourth-order valence-electron chi connectivity index (χ4n) is 1.67. The number of ether oxygens (including phenoxy) is 1. The SMILES string of the molecule is COc1cc(C)c(S(=O)(=O)CCCBr)cc1C. The molecule has 5 heteroatoms. The van der Waals surface area contributed by atoms with Crippen molar-refractivity contribution in [3.8, 4) is 5.75 Å².